The molecule has 0 N–H and O–H groups in total. The summed E-state index contributed by atoms with van der Waals surface area (Å²) in [4.78, 5) is 23.1. The highest BCUT2D eigenvalue weighted by Gasteiger charge is 2.30. The topological polar surface area (TPSA) is 61.8 Å². The van der Waals surface area contributed by atoms with Crippen molar-refractivity contribution >= 4 is 11.8 Å². The molecule has 0 radical (unpaired) electrons. The van der Waals surface area contributed by atoms with Crippen LogP contribution < -0.4 is 0 Å². The Labute approximate surface area is 96.1 Å². The van der Waals surface area contributed by atoms with Crippen LogP contribution in [0.4, 0.5) is 0 Å². The minimum atomic E-state index is -0.977. The first-order chi connectivity index (χ1) is 7.58. The number of carbonyl (C=O) groups excluding carboxylic acids is 2. The monoisotopic (exact) mass is 232 g/mol. The van der Waals surface area contributed by atoms with E-state index in [-0.39, 0.29) is 6.61 Å². The van der Waals surface area contributed by atoms with Crippen LogP contribution >= 0.6 is 0 Å². The maximum absolute atomic E-state index is 11.8. The average Bonchev–Trinajstić information content (AvgIpc) is 2.27. The summed E-state index contributed by atoms with van der Waals surface area (Å²) in [5.41, 5.74) is 0. The second kappa shape index (κ2) is 8.24. The number of Topliss-reactive ketones (excluding diaryl/α,β-unsaturated/α-hetero) is 1. The quantitative estimate of drug-likeness (QED) is 0.357. The molecule has 1 unspecified atom stereocenters. The summed E-state index contributed by atoms with van der Waals surface area (Å²) in [6.07, 6.45) is -0.977. The Bertz CT molecular complexity index is 220. The molecule has 0 aliphatic heterocycles. The van der Waals surface area contributed by atoms with Gasteiger partial charge >= 0.3 is 5.97 Å². The van der Waals surface area contributed by atoms with Crippen LogP contribution in [0, 0.1) is 5.92 Å². The van der Waals surface area contributed by atoms with Crippen LogP contribution in [0.3, 0.4) is 0 Å². The number of hydrogen-bond acceptors (Lipinski definition) is 5. The molecular weight excluding hydrogens is 212 g/mol. The van der Waals surface area contributed by atoms with Gasteiger partial charge in [0, 0.05) is 13.2 Å². The average molecular weight is 232 g/mol. The minimum absolute atomic E-state index is 0.254. The highest BCUT2D eigenvalue weighted by molar-refractivity contribution is 6.00. The lowest BCUT2D eigenvalue weighted by molar-refractivity contribution is -0.176. The van der Waals surface area contributed by atoms with Crippen molar-refractivity contribution in [3.05, 3.63) is 0 Å². The molecule has 0 bridgehead atoms. The van der Waals surface area contributed by atoms with Gasteiger partial charge in [0.25, 0.3) is 0 Å². The lowest BCUT2D eigenvalue weighted by atomic mass is 10.1. The molecule has 0 rings (SSSR count). The van der Waals surface area contributed by atoms with Crippen molar-refractivity contribution in [2.24, 2.45) is 5.92 Å². The van der Waals surface area contributed by atoms with Gasteiger partial charge in [0.05, 0.1) is 6.61 Å². The number of ketones is 1. The Kier molecular flexibility index (Phi) is 7.76. The van der Waals surface area contributed by atoms with Gasteiger partial charge in [-0.25, -0.2) is 0 Å². The first-order valence-electron chi connectivity index (χ1n) is 5.51. The number of rotatable bonds is 8. The molecule has 0 heterocycles. The zero-order valence-electron chi connectivity index (χ0n) is 10.3. The molecule has 0 aliphatic rings. The fraction of sp³-hybridized carbons (Fsp3) is 0.818. The zero-order chi connectivity index (χ0) is 12.6. The van der Waals surface area contributed by atoms with Gasteiger partial charge in [-0.1, -0.05) is 0 Å². The summed E-state index contributed by atoms with van der Waals surface area (Å²) < 4.78 is 15.0. The summed E-state index contributed by atoms with van der Waals surface area (Å²) in [6, 6.07) is 0. The number of carbonyl (C=O) groups is 2. The van der Waals surface area contributed by atoms with Crippen LogP contribution in [-0.4, -0.2) is 37.9 Å². The third kappa shape index (κ3) is 4.72. The van der Waals surface area contributed by atoms with E-state index in [4.69, 9.17) is 14.2 Å². The molecule has 5 nitrogen and oxygen atoms in total. The first-order valence-corrected chi connectivity index (χ1v) is 5.51. The molecule has 94 valence electrons. The second-order valence-electron chi connectivity index (χ2n) is 3.12. The van der Waals surface area contributed by atoms with Gasteiger partial charge in [-0.2, -0.15) is 0 Å². The Morgan fingerprint density at radius 3 is 1.88 bits per heavy atom. The highest BCUT2D eigenvalue weighted by Crippen LogP contribution is 2.08. The van der Waals surface area contributed by atoms with Crippen LogP contribution in [0.2, 0.25) is 0 Å². The standard InChI is InChI=1S/C11H20O5/c1-5-14-10(13)8(4)9(12)11(15-6-2)16-7-3/h8,11H,5-7H2,1-4H3. The fourth-order valence-electron chi connectivity index (χ4n) is 1.10. The Balaban J connectivity index is 4.40. The molecule has 0 aromatic heterocycles. The maximum atomic E-state index is 11.8. The zero-order valence-corrected chi connectivity index (χ0v) is 10.3. The van der Waals surface area contributed by atoms with Crippen LogP contribution in [0.1, 0.15) is 27.7 Å². The lowest BCUT2D eigenvalue weighted by Gasteiger charge is -2.18. The predicted molar refractivity (Wildman–Crippen MR) is 57.8 cm³/mol. The molecule has 0 spiro atoms. The fourth-order valence-corrected chi connectivity index (χ4v) is 1.10. The molecule has 1 atom stereocenters. The van der Waals surface area contributed by atoms with Gasteiger partial charge in [-0.05, 0) is 27.7 Å². The molecule has 0 fully saturated rings. The summed E-state index contributed by atoms with van der Waals surface area (Å²) in [5.74, 6) is -1.80. The summed E-state index contributed by atoms with van der Waals surface area (Å²) in [6.45, 7) is 7.66. The van der Waals surface area contributed by atoms with Crippen molar-refractivity contribution in [2.45, 2.75) is 34.0 Å². The predicted octanol–water partition coefficient (Wildman–Crippen LogP) is 1.15. The smallest absolute Gasteiger partial charge is 0.316 e. The third-order valence-electron chi connectivity index (χ3n) is 1.94. The molecule has 5 heteroatoms. The molecule has 16 heavy (non-hydrogen) atoms. The maximum Gasteiger partial charge on any atom is 0.316 e. The van der Waals surface area contributed by atoms with Gasteiger partial charge in [-0.3, -0.25) is 9.59 Å². The van der Waals surface area contributed by atoms with E-state index in [1.54, 1.807) is 20.8 Å². The Morgan fingerprint density at radius 2 is 1.50 bits per heavy atom. The summed E-state index contributed by atoms with van der Waals surface area (Å²) >= 11 is 0. The molecule has 0 saturated heterocycles. The van der Waals surface area contributed by atoms with E-state index in [1.807, 2.05) is 0 Å². The second-order valence-corrected chi connectivity index (χ2v) is 3.12. The van der Waals surface area contributed by atoms with E-state index >= 15 is 0 Å². The number of esters is 1. The van der Waals surface area contributed by atoms with Crippen molar-refractivity contribution < 1.29 is 23.8 Å². The normalized spacial score (nSPS) is 12.6. The van der Waals surface area contributed by atoms with Gasteiger partial charge in [0.2, 0.25) is 12.1 Å². The van der Waals surface area contributed by atoms with Crippen molar-refractivity contribution in [3.63, 3.8) is 0 Å². The van der Waals surface area contributed by atoms with Crippen LogP contribution in [0.15, 0.2) is 0 Å². The Morgan fingerprint density at radius 1 is 1.00 bits per heavy atom. The summed E-state index contributed by atoms with van der Waals surface area (Å²) in [7, 11) is 0. The number of ether oxygens (including phenoxy) is 3. The van der Waals surface area contributed by atoms with E-state index < -0.39 is 24.0 Å². The first kappa shape index (κ1) is 15.1. The van der Waals surface area contributed by atoms with Crippen molar-refractivity contribution in [1.82, 2.24) is 0 Å². The molecule has 0 amide bonds. The van der Waals surface area contributed by atoms with Crippen molar-refractivity contribution in [1.29, 1.82) is 0 Å². The highest BCUT2D eigenvalue weighted by atomic mass is 16.7. The van der Waals surface area contributed by atoms with Gasteiger partial charge < -0.3 is 14.2 Å². The molecule has 0 aromatic rings. The number of hydrogen-bond donors (Lipinski definition) is 0. The molecule has 0 aromatic carbocycles. The van der Waals surface area contributed by atoms with Crippen LogP contribution in [0.5, 0.6) is 0 Å². The van der Waals surface area contributed by atoms with Gasteiger partial charge in [0.1, 0.15) is 5.92 Å². The van der Waals surface area contributed by atoms with Crippen molar-refractivity contribution in [2.75, 3.05) is 19.8 Å². The SMILES string of the molecule is CCOC(=O)C(C)C(=O)C(OCC)OCC. The lowest BCUT2D eigenvalue weighted by Crippen LogP contribution is -2.36. The van der Waals surface area contributed by atoms with E-state index in [1.165, 1.54) is 6.92 Å². The van der Waals surface area contributed by atoms with E-state index in [0.717, 1.165) is 0 Å². The third-order valence-corrected chi connectivity index (χ3v) is 1.94. The Hall–Kier alpha value is -0.940. The minimum Gasteiger partial charge on any atom is -0.465 e. The summed E-state index contributed by atoms with van der Waals surface area (Å²) in [5, 5.41) is 0. The van der Waals surface area contributed by atoms with Crippen LogP contribution in [0.25, 0.3) is 0 Å². The van der Waals surface area contributed by atoms with E-state index in [0.29, 0.717) is 13.2 Å². The van der Waals surface area contributed by atoms with Gasteiger partial charge in [0.15, 0.2) is 0 Å². The van der Waals surface area contributed by atoms with E-state index in [2.05, 4.69) is 0 Å². The van der Waals surface area contributed by atoms with Crippen LogP contribution in [-0.2, 0) is 23.8 Å². The van der Waals surface area contributed by atoms with Gasteiger partial charge in [-0.15, -0.1) is 0 Å². The van der Waals surface area contributed by atoms with E-state index in [9.17, 15) is 9.59 Å². The largest absolute Gasteiger partial charge is 0.465 e. The molecule has 0 aliphatic carbocycles. The molecular formula is C11H20O5. The van der Waals surface area contributed by atoms with Crippen molar-refractivity contribution in [3.8, 4) is 0 Å². The molecule has 0 saturated carbocycles.